The lowest BCUT2D eigenvalue weighted by atomic mass is 10.1. The van der Waals surface area contributed by atoms with Crippen LogP contribution in [0.2, 0.25) is 0 Å². The molecule has 0 saturated heterocycles. The number of hydrogen-bond acceptors (Lipinski definition) is 2. The Morgan fingerprint density at radius 2 is 2.08 bits per heavy atom. The quantitative estimate of drug-likeness (QED) is 0.716. The van der Waals surface area contributed by atoms with E-state index < -0.39 is 0 Å². The molecule has 0 aromatic heterocycles. The third-order valence-electron chi connectivity index (χ3n) is 2.50. The molecule has 0 amide bonds. The zero-order chi connectivity index (χ0) is 9.52. The number of nitrogens with two attached hydrogens (primary N) is 1. The van der Waals surface area contributed by atoms with E-state index in [1.165, 1.54) is 24.8 Å². The first-order chi connectivity index (χ1) is 6.34. The minimum absolute atomic E-state index is 0.214. The zero-order valence-corrected chi connectivity index (χ0v) is 8.67. The third-order valence-corrected chi connectivity index (χ3v) is 2.68. The maximum atomic E-state index is 5.98. The SMILES string of the molecule is NC1CCCCCC1OC/C=C/Cl. The Morgan fingerprint density at radius 1 is 1.31 bits per heavy atom. The van der Waals surface area contributed by atoms with Crippen LogP contribution in [0.3, 0.4) is 0 Å². The van der Waals surface area contributed by atoms with E-state index in [9.17, 15) is 0 Å². The second-order valence-electron chi connectivity index (χ2n) is 3.54. The molecule has 2 atom stereocenters. The molecule has 2 nitrogen and oxygen atoms in total. The molecule has 0 aromatic carbocycles. The maximum absolute atomic E-state index is 5.98. The highest BCUT2D eigenvalue weighted by molar-refractivity contribution is 6.25. The largest absolute Gasteiger partial charge is 0.373 e. The summed E-state index contributed by atoms with van der Waals surface area (Å²) in [4.78, 5) is 0. The molecule has 76 valence electrons. The van der Waals surface area contributed by atoms with Crippen molar-refractivity contribution in [2.24, 2.45) is 5.73 Å². The summed E-state index contributed by atoms with van der Waals surface area (Å²) in [5, 5.41) is 0. The van der Waals surface area contributed by atoms with E-state index in [-0.39, 0.29) is 12.1 Å². The second kappa shape index (κ2) is 6.41. The predicted octanol–water partition coefficient (Wildman–Crippen LogP) is 2.42. The first-order valence-electron chi connectivity index (χ1n) is 4.97. The van der Waals surface area contributed by atoms with Gasteiger partial charge < -0.3 is 10.5 Å². The van der Waals surface area contributed by atoms with Crippen molar-refractivity contribution in [3.05, 3.63) is 11.6 Å². The van der Waals surface area contributed by atoms with Crippen LogP contribution in [0.5, 0.6) is 0 Å². The Balaban J connectivity index is 2.27. The number of halogens is 1. The van der Waals surface area contributed by atoms with Crippen LogP contribution in [0.4, 0.5) is 0 Å². The highest BCUT2D eigenvalue weighted by Crippen LogP contribution is 2.19. The van der Waals surface area contributed by atoms with E-state index in [0.717, 1.165) is 12.8 Å². The van der Waals surface area contributed by atoms with Crippen LogP contribution in [-0.4, -0.2) is 18.8 Å². The topological polar surface area (TPSA) is 35.2 Å². The summed E-state index contributed by atoms with van der Waals surface area (Å²) >= 11 is 5.40. The number of hydrogen-bond donors (Lipinski definition) is 1. The average Bonchev–Trinajstić information content (AvgIpc) is 2.32. The number of ether oxygens (including phenoxy) is 1. The van der Waals surface area contributed by atoms with Crippen molar-refractivity contribution < 1.29 is 4.74 Å². The Labute approximate surface area is 85.1 Å². The minimum atomic E-state index is 0.214. The standard InChI is InChI=1S/C10H18ClNO/c11-7-4-8-13-10-6-3-1-2-5-9(10)12/h4,7,9-10H,1-3,5-6,8,12H2/b7-4+. The smallest absolute Gasteiger partial charge is 0.0730 e. The second-order valence-corrected chi connectivity index (χ2v) is 3.79. The van der Waals surface area contributed by atoms with Gasteiger partial charge in [0, 0.05) is 11.6 Å². The molecule has 1 aliphatic carbocycles. The lowest BCUT2D eigenvalue weighted by Gasteiger charge is -2.20. The molecule has 1 rings (SSSR count). The van der Waals surface area contributed by atoms with Crippen molar-refractivity contribution in [2.75, 3.05) is 6.61 Å². The fourth-order valence-corrected chi connectivity index (χ4v) is 1.80. The van der Waals surface area contributed by atoms with Gasteiger partial charge in [0.05, 0.1) is 12.7 Å². The molecule has 3 heteroatoms. The summed E-state index contributed by atoms with van der Waals surface area (Å²) in [7, 11) is 0. The van der Waals surface area contributed by atoms with E-state index in [2.05, 4.69) is 0 Å². The molecule has 2 N–H and O–H groups in total. The molecule has 0 radical (unpaired) electrons. The fraction of sp³-hybridized carbons (Fsp3) is 0.800. The van der Waals surface area contributed by atoms with E-state index in [1.54, 1.807) is 6.08 Å². The van der Waals surface area contributed by atoms with E-state index in [1.807, 2.05) is 0 Å². The van der Waals surface area contributed by atoms with Gasteiger partial charge in [0.2, 0.25) is 0 Å². The summed E-state index contributed by atoms with van der Waals surface area (Å²) in [6.07, 6.45) is 8.00. The van der Waals surface area contributed by atoms with Gasteiger partial charge in [-0.2, -0.15) is 0 Å². The van der Waals surface area contributed by atoms with Crippen molar-refractivity contribution >= 4 is 11.6 Å². The molecule has 1 saturated carbocycles. The summed E-state index contributed by atoms with van der Waals surface area (Å²) in [6.45, 7) is 0.585. The molecule has 0 heterocycles. The van der Waals surface area contributed by atoms with Crippen LogP contribution in [0.25, 0.3) is 0 Å². The lowest BCUT2D eigenvalue weighted by Crippen LogP contribution is -2.35. The van der Waals surface area contributed by atoms with Gasteiger partial charge in [-0.15, -0.1) is 0 Å². The highest BCUT2D eigenvalue weighted by atomic mass is 35.5. The van der Waals surface area contributed by atoms with Gasteiger partial charge in [-0.05, 0) is 18.9 Å². The Morgan fingerprint density at radius 3 is 2.85 bits per heavy atom. The highest BCUT2D eigenvalue weighted by Gasteiger charge is 2.19. The molecule has 0 aliphatic heterocycles. The first-order valence-corrected chi connectivity index (χ1v) is 5.40. The molecule has 0 bridgehead atoms. The van der Waals surface area contributed by atoms with Crippen molar-refractivity contribution in [3.63, 3.8) is 0 Å². The minimum Gasteiger partial charge on any atom is -0.373 e. The van der Waals surface area contributed by atoms with Crippen LogP contribution in [-0.2, 0) is 4.74 Å². The van der Waals surface area contributed by atoms with Crippen LogP contribution < -0.4 is 5.73 Å². The molecule has 1 fully saturated rings. The van der Waals surface area contributed by atoms with Crippen molar-refractivity contribution in [1.29, 1.82) is 0 Å². The fourth-order valence-electron chi connectivity index (χ4n) is 1.72. The monoisotopic (exact) mass is 203 g/mol. The van der Waals surface area contributed by atoms with Crippen LogP contribution in [0, 0.1) is 0 Å². The predicted molar refractivity (Wildman–Crippen MR) is 55.8 cm³/mol. The molecule has 0 spiro atoms. The van der Waals surface area contributed by atoms with Crippen molar-refractivity contribution in [1.82, 2.24) is 0 Å². The van der Waals surface area contributed by atoms with E-state index in [4.69, 9.17) is 22.1 Å². The lowest BCUT2D eigenvalue weighted by molar-refractivity contribution is 0.0500. The van der Waals surface area contributed by atoms with Gasteiger partial charge in [-0.3, -0.25) is 0 Å². The van der Waals surface area contributed by atoms with Gasteiger partial charge in [0.15, 0.2) is 0 Å². The molecular formula is C10H18ClNO. The van der Waals surface area contributed by atoms with Gasteiger partial charge in [0.25, 0.3) is 0 Å². The summed E-state index contributed by atoms with van der Waals surface area (Å²) in [5.74, 6) is 0. The Hall–Kier alpha value is -0.0500. The summed E-state index contributed by atoms with van der Waals surface area (Å²) in [5.41, 5.74) is 7.47. The van der Waals surface area contributed by atoms with Crippen molar-refractivity contribution in [3.8, 4) is 0 Å². The van der Waals surface area contributed by atoms with Crippen LogP contribution in [0.1, 0.15) is 32.1 Å². The van der Waals surface area contributed by atoms with E-state index >= 15 is 0 Å². The van der Waals surface area contributed by atoms with Gasteiger partial charge >= 0.3 is 0 Å². The average molecular weight is 204 g/mol. The van der Waals surface area contributed by atoms with Crippen LogP contribution >= 0.6 is 11.6 Å². The van der Waals surface area contributed by atoms with Gasteiger partial charge in [0.1, 0.15) is 0 Å². The van der Waals surface area contributed by atoms with Gasteiger partial charge in [-0.25, -0.2) is 0 Å². The van der Waals surface area contributed by atoms with Crippen molar-refractivity contribution in [2.45, 2.75) is 44.2 Å². The molecule has 13 heavy (non-hydrogen) atoms. The summed E-state index contributed by atoms with van der Waals surface area (Å²) < 4.78 is 5.62. The zero-order valence-electron chi connectivity index (χ0n) is 7.92. The Bertz CT molecular complexity index is 161. The number of rotatable bonds is 3. The third kappa shape index (κ3) is 4.12. The molecule has 1 aliphatic rings. The molecule has 2 unspecified atom stereocenters. The van der Waals surface area contributed by atoms with Gasteiger partial charge in [-0.1, -0.05) is 30.9 Å². The first kappa shape index (κ1) is 11.0. The summed E-state index contributed by atoms with van der Waals surface area (Å²) in [6, 6.07) is 0.214. The Kier molecular flexibility index (Phi) is 5.44. The maximum Gasteiger partial charge on any atom is 0.0730 e. The normalized spacial score (nSPS) is 30.6. The molecular weight excluding hydrogens is 186 g/mol. The molecule has 0 aromatic rings. The van der Waals surface area contributed by atoms with Crippen LogP contribution in [0.15, 0.2) is 11.6 Å². The van der Waals surface area contributed by atoms with E-state index in [0.29, 0.717) is 6.61 Å².